The Bertz CT molecular complexity index is 3150. The first-order valence-electron chi connectivity index (χ1n) is 19.8. The van der Waals surface area contributed by atoms with Gasteiger partial charge in [-0.25, -0.2) is 0 Å². The molecule has 0 saturated carbocycles. The Morgan fingerprint density at radius 2 is 1.04 bits per heavy atom. The van der Waals surface area contributed by atoms with E-state index in [1.54, 1.807) is 0 Å². The van der Waals surface area contributed by atoms with E-state index in [1.165, 1.54) is 86.6 Å². The third kappa shape index (κ3) is 5.44. The lowest BCUT2D eigenvalue weighted by Crippen LogP contribution is -2.17. The molecule has 1 aliphatic rings. The lowest BCUT2D eigenvalue weighted by Gasteiger charge is -2.30. The van der Waals surface area contributed by atoms with Crippen LogP contribution >= 0.6 is 11.3 Å². The van der Waals surface area contributed by atoms with Crippen LogP contribution in [0.5, 0.6) is 0 Å². The molecule has 0 amide bonds. The second kappa shape index (κ2) is 13.2. The maximum absolute atomic E-state index is 2.48. The topological polar surface area (TPSA) is 3.24 Å². The van der Waals surface area contributed by atoms with Crippen LogP contribution in [0.2, 0.25) is 0 Å². The zero-order chi connectivity index (χ0) is 38.1. The number of fused-ring (bicyclic) bond motifs is 7. The molecule has 0 bridgehead atoms. The Morgan fingerprint density at radius 3 is 1.89 bits per heavy atom. The van der Waals surface area contributed by atoms with Crippen LogP contribution in [-0.2, 0) is 5.41 Å². The van der Waals surface area contributed by atoms with Crippen LogP contribution in [0.15, 0.2) is 200 Å². The Kier molecular flexibility index (Phi) is 7.77. The summed E-state index contributed by atoms with van der Waals surface area (Å²) >= 11 is 1.88. The van der Waals surface area contributed by atoms with Crippen molar-refractivity contribution >= 4 is 59.3 Å². The predicted molar refractivity (Wildman–Crippen MR) is 245 cm³/mol. The highest BCUT2D eigenvalue weighted by Crippen LogP contribution is 2.53. The van der Waals surface area contributed by atoms with Gasteiger partial charge >= 0.3 is 0 Å². The zero-order valence-corrected chi connectivity index (χ0v) is 32.7. The molecule has 0 radical (unpaired) electrons. The van der Waals surface area contributed by atoms with Gasteiger partial charge in [-0.1, -0.05) is 166 Å². The van der Waals surface area contributed by atoms with Gasteiger partial charge in [0.2, 0.25) is 0 Å². The fourth-order valence-corrected chi connectivity index (χ4v) is 10.4. The maximum atomic E-state index is 2.48. The van der Waals surface area contributed by atoms with Crippen LogP contribution in [0.1, 0.15) is 25.0 Å². The summed E-state index contributed by atoms with van der Waals surface area (Å²) in [5, 5.41) is 5.10. The highest BCUT2D eigenvalue weighted by molar-refractivity contribution is 7.26. The lowest BCUT2D eigenvalue weighted by atomic mass is 9.82. The van der Waals surface area contributed by atoms with E-state index >= 15 is 0 Å². The van der Waals surface area contributed by atoms with Crippen molar-refractivity contribution in [2.45, 2.75) is 19.3 Å². The Morgan fingerprint density at radius 1 is 0.404 bits per heavy atom. The summed E-state index contributed by atoms with van der Waals surface area (Å²) in [6.45, 7) is 4.73. The summed E-state index contributed by atoms with van der Waals surface area (Å²) in [5.41, 5.74) is 16.0. The average molecular weight is 746 g/mol. The average Bonchev–Trinajstić information content (AvgIpc) is 3.76. The molecule has 0 saturated heterocycles. The number of rotatable bonds is 6. The van der Waals surface area contributed by atoms with Crippen molar-refractivity contribution in [3.8, 4) is 44.5 Å². The minimum Gasteiger partial charge on any atom is -0.310 e. The second-order valence-corrected chi connectivity index (χ2v) is 16.8. The lowest BCUT2D eigenvalue weighted by molar-refractivity contribution is 0.660. The fraction of sp³-hybridized carbons (Fsp3) is 0.0545. The van der Waals surface area contributed by atoms with Crippen LogP contribution in [0, 0.1) is 0 Å². The summed E-state index contributed by atoms with van der Waals surface area (Å²) in [6.07, 6.45) is 0. The van der Waals surface area contributed by atoms with E-state index in [2.05, 4.69) is 219 Å². The van der Waals surface area contributed by atoms with E-state index in [9.17, 15) is 0 Å². The molecule has 270 valence electrons. The molecule has 0 N–H and O–H groups in total. The third-order valence-electron chi connectivity index (χ3n) is 12.1. The van der Waals surface area contributed by atoms with Gasteiger partial charge in [-0.2, -0.15) is 0 Å². The van der Waals surface area contributed by atoms with Gasteiger partial charge in [0.05, 0.1) is 5.69 Å². The van der Waals surface area contributed by atoms with Crippen molar-refractivity contribution < 1.29 is 0 Å². The van der Waals surface area contributed by atoms with Crippen molar-refractivity contribution in [1.29, 1.82) is 0 Å². The smallest absolute Gasteiger partial charge is 0.0540 e. The number of anilines is 3. The fourth-order valence-electron chi connectivity index (χ4n) is 9.27. The van der Waals surface area contributed by atoms with Gasteiger partial charge in [-0.15, -0.1) is 11.3 Å². The van der Waals surface area contributed by atoms with Gasteiger partial charge in [0.1, 0.15) is 0 Å². The Labute approximate surface area is 337 Å². The molecule has 1 nitrogen and oxygen atoms in total. The Balaban J connectivity index is 1.17. The highest BCUT2D eigenvalue weighted by Gasteiger charge is 2.36. The third-order valence-corrected chi connectivity index (χ3v) is 13.2. The van der Waals surface area contributed by atoms with Crippen molar-refractivity contribution in [1.82, 2.24) is 0 Å². The molecule has 0 atom stereocenters. The summed E-state index contributed by atoms with van der Waals surface area (Å²) in [4.78, 5) is 2.48. The normalized spacial score (nSPS) is 12.9. The standard InChI is InChI=1S/C55H39NS/c1-55(2)48-21-11-8-18-43(48)44-31-30-42(35-49(44)55)56(41-28-26-38(27-29-41)36-14-4-3-5-15-36)50-22-12-9-19-45(50)46-32-33-52-54(47-20-10-13-23-51(47)57-52)53(46)40-25-24-37-16-6-7-17-39(37)34-40/h3-35H,1-2H3. The SMILES string of the molecule is CC1(C)c2ccccc2-c2ccc(N(c3ccc(-c4ccccc4)cc3)c3ccccc3-c3ccc4sc5ccccc5c4c3-c3ccc4ccccc4c3)cc21. The van der Waals surface area contributed by atoms with Gasteiger partial charge in [0.25, 0.3) is 0 Å². The molecular weight excluding hydrogens is 707 g/mol. The molecule has 2 heteroatoms. The number of para-hydroxylation sites is 1. The maximum Gasteiger partial charge on any atom is 0.0540 e. The number of hydrogen-bond acceptors (Lipinski definition) is 2. The summed E-state index contributed by atoms with van der Waals surface area (Å²) in [6, 6.07) is 74.0. The minimum absolute atomic E-state index is 0.126. The first-order valence-corrected chi connectivity index (χ1v) is 20.6. The number of benzene rings is 9. The van der Waals surface area contributed by atoms with Gasteiger partial charge in [0, 0.05) is 42.5 Å². The van der Waals surface area contributed by atoms with Crippen molar-refractivity contribution in [3.63, 3.8) is 0 Å². The second-order valence-electron chi connectivity index (χ2n) is 15.7. The molecule has 1 aromatic heterocycles. The molecular formula is C55H39NS. The molecule has 0 aliphatic heterocycles. The zero-order valence-electron chi connectivity index (χ0n) is 31.9. The molecule has 1 aliphatic carbocycles. The summed E-state index contributed by atoms with van der Waals surface area (Å²) in [5.74, 6) is 0. The molecule has 0 unspecified atom stereocenters. The van der Waals surface area contributed by atoms with Crippen molar-refractivity contribution in [3.05, 3.63) is 211 Å². The molecule has 9 aromatic carbocycles. The minimum atomic E-state index is -0.126. The molecule has 57 heavy (non-hydrogen) atoms. The number of hydrogen-bond donors (Lipinski definition) is 0. The Hall–Kier alpha value is -6.74. The van der Waals surface area contributed by atoms with E-state index in [-0.39, 0.29) is 5.41 Å². The van der Waals surface area contributed by atoms with Crippen LogP contribution in [0.4, 0.5) is 17.1 Å². The van der Waals surface area contributed by atoms with Crippen LogP contribution in [0.25, 0.3) is 75.5 Å². The molecule has 11 rings (SSSR count). The van der Waals surface area contributed by atoms with Gasteiger partial charge in [-0.05, 0) is 109 Å². The van der Waals surface area contributed by atoms with E-state index in [1.807, 2.05) is 11.3 Å². The molecule has 1 heterocycles. The van der Waals surface area contributed by atoms with E-state index in [4.69, 9.17) is 0 Å². The van der Waals surface area contributed by atoms with Crippen molar-refractivity contribution in [2.24, 2.45) is 0 Å². The van der Waals surface area contributed by atoms with E-state index in [0.717, 1.165) is 17.1 Å². The highest BCUT2D eigenvalue weighted by atomic mass is 32.1. The summed E-state index contributed by atoms with van der Waals surface area (Å²) < 4.78 is 2.61. The number of nitrogens with zero attached hydrogens (tertiary/aromatic N) is 1. The van der Waals surface area contributed by atoms with Crippen LogP contribution < -0.4 is 4.90 Å². The number of thiophene rings is 1. The predicted octanol–water partition coefficient (Wildman–Crippen LogP) is 16.0. The quantitative estimate of drug-likeness (QED) is 0.164. The largest absolute Gasteiger partial charge is 0.310 e. The van der Waals surface area contributed by atoms with Crippen molar-refractivity contribution in [2.75, 3.05) is 4.90 Å². The molecule has 0 fully saturated rings. The summed E-state index contributed by atoms with van der Waals surface area (Å²) in [7, 11) is 0. The van der Waals surface area contributed by atoms with Gasteiger partial charge in [0.15, 0.2) is 0 Å². The van der Waals surface area contributed by atoms with Gasteiger partial charge in [-0.3, -0.25) is 0 Å². The first-order chi connectivity index (χ1) is 28.0. The molecule has 0 spiro atoms. The van der Waals surface area contributed by atoms with Crippen LogP contribution in [-0.4, -0.2) is 0 Å². The van der Waals surface area contributed by atoms with E-state index in [0.29, 0.717) is 0 Å². The van der Waals surface area contributed by atoms with Crippen LogP contribution in [0.3, 0.4) is 0 Å². The monoisotopic (exact) mass is 745 g/mol. The van der Waals surface area contributed by atoms with E-state index < -0.39 is 0 Å². The van der Waals surface area contributed by atoms with Gasteiger partial charge < -0.3 is 4.90 Å². The first kappa shape index (κ1) is 33.6. The molecule has 10 aromatic rings.